The van der Waals surface area contributed by atoms with Crippen molar-refractivity contribution >= 4 is 21.8 Å². The van der Waals surface area contributed by atoms with Gasteiger partial charge in [0.1, 0.15) is 18.0 Å². The van der Waals surface area contributed by atoms with Crippen molar-refractivity contribution in [3.8, 4) is 0 Å². The van der Waals surface area contributed by atoms with Crippen molar-refractivity contribution in [3.63, 3.8) is 0 Å². The number of benzene rings is 1. The van der Waals surface area contributed by atoms with Gasteiger partial charge in [-0.2, -0.15) is 0 Å². The summed E-state index contributed by atoms with van der Waals surface area (Å²) in [7, 11) is 1.84. The van der Waals surface area contributed by atoms with E-state index >= 15 is 0 Å². The smallest absolute Gasteiger partial charge is 0.251 e. The molecular formula is C12H12BrFN4O. The van der Waals surface area contributed by atoms with Gasteiger partial charge in [-0.1, -0.05) is 0 Å². The molecule has 19 heavy (non-hydrogen) atoms. The molecule has 1 heterocycles. The van der Waals surface area contributed by atoms with Gasteiger partial charge in [-0.3, -0.25) is 4.79 Å². The van der Waals surface area contributed by atoms with Crippen molar-refractivity contribution in [2.45, 2.75) is 6.42 Å². The van der Waals surface area contributed by atoms with Crippen LogP contribution in [0.2, 0.25) is 0 Å². The number of rotatable bonds is 4. The number of amides is 1. The minimum absolute atomic E-state index is 0.247. The molecule has 0 radical (unpaired) electrons. The Bertz CT molecular complexity index is 599. The predicted molar refractivity (Wildman–Crippen MR) is 71.1 cm³/mol. The fraction of sp³-hybridized carbons (Fsp3) is 0.250. The topological polar surface area (TPSA) is 59.8 Å². The van der Waals surface area contributed by atoms with E-state index in [-0.39, 0.29) is 10.4 Å². The maximum atomic E-state index is 13.0. The first kappa shape index (κ1) is 13.7. The number of carbonyl (C=O) groups is 1. The lowest BCUT2D eigenvalue weighted by atomic mass is 10.2. The van der Waals surface area contributed by atoms with Gasteiger partial charge in [-0.25, -0.2) is 4.39 Å². The third kappa shape index (κ3) is 3.37. The minimum Gasteiger partial charge on any atom is -0.352 e. The van der Waals surface area contributed by atoms with Crippen LogP contribution >= 0.6 is 15.9 Å². The number of aryl methyl sites for hydroxylation is 1. The molecule has 0 fully saturated rings. The summed E-state index contributed by atoms with van der Waals surface area (Å²) in [6, 6.07) is 4.15. The summed E-state index contributed by atoms with van der Waals surface area (Å²) >= 11 is 3.05. The van der Waals surface area contributed by atoms with Gasteiger partial charge in [-0.05, 0) is 34.1 Å². The molecule has 1 aromatic carbocycles. The fourth-order valence-electron chi connectivity index (χ4n) is 1.56. The average molecular weight is 327 g/mol. The molecule has 2 rings (SSSR count). The molecule has 1 aromatic heterocycles. The fourth-order valence-corrected chi connectivity index (χ4v) is 1.94. The molecule has 0 spiro atoms. The summed E-state index contributed by atoms with van der Waals surface area (Å²) in [4.78, 5) is 11.8. The second kappa shape index (κ2) is 5.92. The number of carbonyl (C=O) groups excluding carboxylic acids is 1. The highest BCUT2D eigenvalue weighted by Gasteiger charge is 2.08. The third-order valence-corrected chi connectivity index (χ3v) is 3.23. The van der Waals surface area contributed by atoms with E-state index in [2.05, 4.69) is 31.4 Å². The van der Waals surface area contributed by atoms with Crippen LogP contribution in [-0.4, -0.2) is 27.2 Å². The molecule has 0 atom stereocenters. The van der Waals surface area contributed by atoms with E-state index in [1.165, 1.54) is 18.2 Å². The minimum atomic E-state index is -0.393. The van der Waals surface area contributed by atoms with E-state index in [1.54, 1.807) is 10.9 Å². The molecule has 0 unspecified atom stereocenters. The molecule has 0 saturated carbocycles. The lowest BCUT2D eigenvalue weighted by molar-refractivity contribution is 0.0954. The zero-order valence-corrected chi connectivity index (χ0v) is 11.8. The third-order valence-electron chi connectivity index (χ3n) is 2.62. The van der Waals surface area contributed by atoms with Crippen LogP contribution in [0.25, 0.3) is 0 Å². The number of hydrogen-bond acceptors (Lipinski definition) is 3. The van der Waals surface area contributed by atoms with Gasteiger partial charge < -0.3 is 9.88 Å². The molecule has 0 aliphatic carbocycles. The molecule has 0 bridgehead atoms. The molecule has 5 nitrogen and oxygen atoms in total. The van der Waals surface area contributed by atoms with Crippen LogP contribution in [0.1, 0.15) is 16.2 Å². The van der Waals surface area contributed by atoms with Gasteiger partial charge in [-0.15, -0.1) is 10.2 Å². The lowest BCUT2D eigenvalue weighted by Gasteiger charge is -2.05. The largest absolute Gasteiger partial charge is 0.352 e. The summed E-state index contributed by atoms with van der Waals surface area (Å²) in [6.45, 7) is 0.445. The van der Waals surface area contributed by atoms with Gasteiger partial charge in [0.05, 0.1) is 4.47 Å². The molecule has 100 valence electrons. The first-order chi connectivity index (χ1) is 9.08. The maximum Gasteiger partial charge on any atom is 0.251 e. The zero-order valence-electron chi connectivity index (χ0n) is 10.2. The van der Waals surface area contributed by atoms with Crippen molar-refractivity contribution in [1.82, 2.24) is 20.1 Å². The van der Waals surface area contributed by atoms with Gasteiger partial charge in [0, 0.05) is 25.6 Å². The molecule has 0 aliphatic rings. The molecule has 1 amide bonds. The standard InChI is InChI=1S/C12H12BrFN4O/c1-18-7-16-17-11(18)4-5-15-12(19)8-2-3-10(14)9(13)6-8/h2-3,6-7H,4-5H2,1H3,(H,15,19). The van der Waals surface area contributed by atoms with Crippen LogP contribution in [0.4, 0.5) is 4.39 Å². The van der Waals surface area contributed by atoms with E-state index in [0.29, 0.717) is 18.5 Å². The van der Waals surface area contributed by atoms with E-state index in [1.807, 2.05) is 7.05 Å². The summed E-state index contributed by atoms with van der Waals surface area (Å²) in [5.41, 5.74) is 0.409. The summed E-state index contributed by atoms with van der Waals surface area (Å²) < 4.78 is 15.1. The summed E-state index contributed by atoms with van der Waals surface area (Å²) in [5.74, 6) is 0.152. The molecule has 7 heteroatoms. The van der Waals surface area contributed by atoms with Crippen LogP contribution in [0, 0.1) is 5.82 Å². The average Bonchev–Trinajstić information content (AvgIpc) is 2.78. The summed E-state index contributed by atoms with van der Waals surface area (Å²) in [6.07, 6.45) is 2.19. The lowest BCUT2D eigenvalue weighted by Crippen LogP contribution is -2.26. The Labute approximate surface area is 118 Å². The maximum absolute atomic E-state index is 13.0. The monoisotopic (exact) mass is 326 g/mol. The SMILES string of the molecule is Cn1cnnc1CCNC(=O)c1ccc(F)c(Br)c1. The van der Waals surface area contributed by atoms with Gasteiger partial charge in [0.15, 0.2) is 0 Å². The number of aromatic nitrogens is 3. The Morgan fingerprint density at radius 2 is 2.32 bits per heavy atom. The first-order valence-electron chi connectivity index (χ1n) is 5.64. The predicted octanol–water partition coefficient (Wildman–Crippen LogP) is 1.69. The Hall–Kier alpha value is -1.76. The van der Waals surface area contributed by atoms with Crippen LogP contribution in [0.5, 0.6) is 0 Å². The van der Waals surface area contributed by atoms with E-state index in [9.17, 15) is 9.18 Å². The molecule has 0 aliphatic heterocycles. The van der Waals surface area contributed by atoms with Crippen molar-refractivity contribution in [2.24, 2.45) is 7.05 Å². The van der Waals surface area contributed by atoms with E-state index < -0.39 is 5.82 Å². The highest BCUT2D eigenvalue weighted by atomic mass is 79.9. The van der Waals surface area contributed by atoms with Crippen molar-refractivity contribution in [2.75, 3.05) is 6.54 Å². The van der Waals surface area contributed by atoms with Crippen LogP contribution in [0.15, 0.2) is 29.0 Å². The van der Waals surface area contributed by atoms with Gasteiger partial charge in [0.2, 0.25) is 0 Å². The summed E-state index contributed by atoms with van der Waals surface area (Å²) in [5, 5.41) is 10.4. The second-order valence-corrected chi connectivity index (χ2v) is 4.85. The Balaban J connectivity index is 1.91. The van der Waals surface area contributed by atoms with E-state index in [4.69, 9.17) is 0 Å². The highest BCUT2D eigenvalue weighted by Crippen LogP contribution is 2.16. The zero-order chi connectivity index (χ0) is 13.8. The molecular weight excluding hydrogens is 315 g/mol. The number of halogens is 2. The molecule has 1 N–H and O–H groups in total. The molecule has 2 aromatic rings. The quantitative estimate of drug-likeness (QED) is 0.930. The number of nitrogens with zero attached hydrogens (tertiary/aromatic N) is 3. The Morgan fingerprint density at radius 3 is 2.95 bits per heavy atom. The van der Waals surface area contributed by atoms with Crippen molar-refractivity contribution in [1.29, 1.82) is 0 Å². The van der Waals surface area contributed by atoms with Gasteiger partial charge >= 0.3 is 0 Å². The van der Waals surface area contributed by atoms with Gasteiger partial charge in [0.25, 0.3) is 5.91 Å². The van der Waals surface area contributed by atoms with Crippen LogP contribution < -0.4 is 5.32 Å². The van der Waals surface area contributed by atoms with Crippen molar-refractivity contribution in [3.05, 3.63) is 46.2 Å². The van der Waals surface area contributed by atoms with E-state index in [0.717, 1.165) is 5.82 Å². The normalized spacial score (nSPS) is 10.5. The first-order valence-corrected chi connectivity index (χ1v) is 6.43. The van der Waals surface area contributed by atoms with Crippen molar-refractivity contribution < 1.29 is 9.18 Å². The Kier molecular flexibility index (Phi) is 4.26. The Morgan fingerprint density at radius 1 is 1.53 bits per heavy atom. The number of nitrogens with one attached hydrogen (secondary N) is 1. The number of hydrogen-bond donors (Lipinski definition) is 1. The van der Waals surface area contributed by atoms with Crippen LogP contribution in [-0.2, 0) is 13.5 Å². The highest BCUT2D eigenvalue weighted by molar-refractivity contribution is 9.10. The molecule has 0 saturated heterocycles. The van der Waals surface area contributed by atoms with Crippen LogP contribution in [0.3, 0.4) is 0 Å². The second-order valence-electron chi connectivity index (χ2n) is 3.99.